The molecule has 90 valence electrons. The van der Waals surface area contributed by atoms with E-state index in [1.807, 2.05) is 24.5 Å². The number of hydrogen-bond acceptors (Lipinski definition) is 2. The summed E-state index contributed by atoms with van der Waals surface area (Å²) >= 11 is 0. The summed E-state index contributed by atoms with van der Waals surface area (Å²) in [5.41, 5.74) is 2.22. The molecule has 17 heavy (non-hydrogen) atoms. The summed E-state index contributed by atoms with van der Waals surface area (Å²) in [5.74, 6) is 0. The Kier molecular flexibility index (Phi) is 3.99. The first-order valence-electron chi connectivity index (χ1n) is 6.17. The van der Waals surface area contributed by atoms with Crippen LogP contribution < -0.4 is 5.32 Å². The normalized spacial score (nSPS) is 12.8. The van der Waals surface area contributed by atoms with Gasteiger partial charge in [-0.15, -0.1) is 6.58 Å². The second-order valence-electron chi connectivity index (χ2n) is 4.16. The first-order valence-corrected chi connectivity index (χ1v) is 6.17. The Labute approximate surface area is 102 Å². The van der Waals surface area contributed by atoms with Crippen molar-refractivity contribution in [3.8, 4) is 0 Å². The molecule has 2 heteroatoms. The van der Waals surface area contributed by atoms with Gasteiger partial charge in [0.2, 0.25) is 0 Å². The topological polar surface area (TPSA) is 25.2 Å². The first-order chi connectivity index (χ1) is 8.36. The van der Waals surface area contributed by atoms with Crippen molar-refractivity contribution in [1.82, 2.24) is 5.32 Å². The number of allylic oxidation sites excluding steroid dienone is 1. The average Bonchev–Trinajstić information content (AvgIpc) is 2.78. The molecule has 0 radical (unpaired) electrons. The van der Waals surface area contributed by atoms with Crippen molar-refractivity contribution in [2.24, 2.45) is 0 Å². The molecule has 1 aromatic carbocycles. The fourth-order valence-corrected chi connectivity index (χ4v) is 2.17. The quantitative estimate of drug-likeness (QED) is 0.756. The molecule has 2 rings (SSSR count). The maximum atomic E-state index is 5.59. The fraction of sp³-hybridized carbons (Fsp3) is 0.333. The van der Waals surface area contributed by atoms with E-state index in [1.54, 1.807) is 0 Å². The molecule has 2 aromatic rings. The molecular weight excluding hydrogens is 210 g/mol. The largest absolute Gasteiger partial charge is 0.464 e. The van der Waals surface area contributed by atoms with E-state index in [0.29, 0.717) is 6.04 Å². The van der Waals surface area contributed by atoms with Crippen LogP contribution in [0.2, 0.25) is 0 Å². The zero-order valence-electron chi connectivity index (χ0n) is 10.3. The van der Waals surface area contributed by atoms with Crippen molar-refractivity contribution in [3.63, 3.8) is 0 Å². The van der Waals surface area contributed by atoms with Gasteiger partial charge in [0.1, 0.15) is 5.58 Å². The van der Waals surface area contributed by atoms with Crippen molar-refractivity contribution in [2.45, 2.75) is 25.8 Å². The van der Waals surface area contributed by atoms with Crippen LogP contribution in [0, 0.1) is 0 Å². The predicted octanol–water partition coefficient (Wildman–Crippen LogP) is 4.05. The standard InChI is InChI=1S/C15H19NO/c1-3-5-9-14(16-4-2)13-11-17-15-10-7-6-8-12(13)15/h3,6-8,10-11,14,16H,1,4-5,9H2,2H3. The molecule has 1 N–H and O–H groups in total. The number of nitrogens with one attached hydrogen (secondary N) is 1. The lowest BCUT2D eigenvalue weighted by Gasteiger charge is -2.15. The van der Waals surface area contributed by atoms with Crippen LogP contribution in [-0.2, 0) is 0 Å². The average molecular weight is 229 g/mol. The minimum atomic E-state index is 0.349. The lowest BCUT2D eigenvalue weighted by Crippen LogP contribution is -2.20. The van der Waals surface area contributed by atoms with E-state index in [9.17, 15) is 0 Å². The van der Waals surface area contributed by atoms with Crippen LogP contribution in [0.15, 0.2) is 47.6 Å². The minimum Gasteiger partial charge on any atom is -0.464 e. The third-order valence-corrected chi connectivity index (χ3v) is 3.00. The summed E-state index contributed by atoms with van der Waals surface area (Å²) in [6, 6.07) is 8.53. The number of para-hydroxylation sites is 1. The third kappa shape index (κ3) is 2.59. The van der Waals surface area contributed by atoms with Gasteiger partial charge in [-0.25, -0.2) is 0 Å². The number of rotatable bonds is 6. The van der Waals surface area contributed by atoms with Gasteiger partial charge < -0.3 is 9.73 Å². The predicted molar refractivity (Wildman–Crippen MR) is 72.1 cm³/mol. The van der Waals surface area contributed by atoms with Gasteiger partial charge in [-0.2, -0.15) is 0 Å². The van der Waals surface area contributed by atoms with Crippen LogP contribution in [0.3, 0.4) is 0 Å². The van der Waals surface area contributed by atoms with Crippen LogP contribution in [0.5, 0.6) is 0 Å². The molecule has 2 nitrogen and oxygen atoms in total. The highest BCUT2D eigenvalue weighted by Crippen LogP contribution is 2.28. The van der Waals surface area contributed by atoms with Crippen molar-refractivity contribution in [3.05, 3.63) is 48.7 Å². The molecule has 1 heterocycles. The van der Waals surface area contributed by atoms with E-state index in [2.05, 4.69) is 31.0 Å². The van der Waals surface area contributed by atoms with Crippen molar-refractivity contribution < 1.29 is 4.42 Å². The summed E-state index contributed by atoms with van der Waals surface area (Å²) in [4.78, 5) is 0. The lowest BCUT2D eigenvalue weighted by atomic mass is 10.0. The van der Waals surface area contributed by atoms with E-state index >= 15 is 0 Å². The molecular formula is C15H19NO. The molecule has 0 saturated heterocycles. The van der Waals surface area contributed by atoms with Crippen molar-refractivity contribution in [1.29, 1.82) is 0 Å². The minimum absolute atomic E-state index is 0.349. The first kappa shape index (κ1) is 11.9. The molecule has 1 atom stereocenters. The van der Waals surface area contributed by atoms with Crippen LogP contribution in [0.4, 0.5) is 0 Å². The molecule has 0 spiro atoms. The molecule has 0 aliphatic carbocycles. The van der Waals surface area contributed by atoms with Crippen LogP contribution >= 0.6 is 0 Å². The molecule has 0 aliphatic heterocycles. The van der Waals surface area contributed by atoms with Crippen molar-refractivity contribution in [2.75, 3.05) is 6.54 Å². The molecule has 1 unspecified atom stereocenters. The van der Waals surface area contributed by atoms with Crippen LogP contribution in [0.25, 0.3) is 11.0 Å². The Morgan fingerprint density at radius 1 is 1.41 bits per heavy atom. The highest BCUT2D eigenvalue weighted by molar-refractivity contribution is 5.81. The smallest absolute Gasteiger partial charge is 0.134 e. The van der Waals surface area contributed by atoms with Gasteiger partial charge in [-0.3, -0.25) is 0 Å². The Morgan fingerprint density at radius 2 is 2.24 bits per heavy atom. The Hall–Kier alpha value is -1.54. The third-order valence-electron chi connectivity index (χ3n) is 3.00. The summed E-state index contributed by atoms with van der Waals surface area (Å²) in [6.45, 7) is 6.87. The van der Waals surface area contributed by atoms with Crippen LogP contribution in [-0.4, -0.2) is 6.54 Å². The van der Waals surface area contributed by atoms with E-state index in [0.717, 1.165) is 25.0 Å². The zero-order valence-corrected chi connectivity index (χ0v) is 10.3. The van der Waals surface area contributed by atoms with Crippen molar-refractivity contribution >= 4 is 11.0 Å². The van der Waals surface area contributed by atoms with Gasteiger partial charge in [0.15, 0.2) is 0 Å². The number of hydrogen-bond donors (Lipinski definition) is 1. The van der Waals surface area contributed by atoms with Gasteiger partial charge in [-0.1, -0.05) is 31.2 Å². The maximum absolute atomic E-state index is 5.59. The molecule has 0 aliphatic rings. The SMILES string of the molecule is C=CCCC(NCC)c1coc2ccccc12. The maximum Gasteiger partial charge on any atom is 0.134 e. The highest BCUT2D eigenvalue weighted by Gasteiger charge is 2.15. The van der Waals surface area contributed by atoms with Gasteiger partial charge >= 0.3 is 0 Å². The summed E-state index contributed by atoms with van der Waals surface area (Å²) in [6.07, 6.45) is 5.91. The second-order valence-corrected chi connectivity index (χ2v) is 4.16. The Morgan fingerprint density at radius 3 is 3.00 bits per heavy atom. The van der Waals surface area contributed by atoms with Gasteiger partial charge in [0.25, 0.3) is 0 Å². The Bertz CT molecular complexity index is 486. The number of benzene rings is 1. The molecule has 1 aromatic heterocycles. The monoisotopic (exact) mass is 229 g/mol. The fourth-order valence-electron chi connectivity index (χ4n) is 2.17. The van der Waals surface area contributed by atoms with Gasteiger partial charge in [-0.05, 0) is 25.5 Å². The van der Waals surface area contributed by atoms with Crippen LogP contribution in [0.1, 0.15) is 31.4 Å². The molecule has 0 bridgehead atoms. The Balaban J connectivity index is 2.30. The van der Waals surface area contributed by atoms with Gasteiger partial charge in [0.05, 0.1) is 6.26 Å². The van der Waals surface area contributed by atoms with E-state index in [4.69, 9.17) is 4.42 Å². The molecule has 0 saturated carbocycles. The molecule has 0 fully saturated rings. The zero-order chi connectivity index (χ0) is 12.1. The van der Waals surface area contributed by atoms with E-state index in [-0.39, 0.29) is 0 Å². The summed E-state index contributed by atoms with van der Waals surface area (Å²) < 4.78 is 5.59. The molecule has 0 amide bonds. The number of furan rings is 1. The van der Waals surface area contributed by atoms with E-state index < -0.39 is 0 Å². The summed E-state index contributed by atoms with van der Waals surface area (Å²) in [7, 11) is 0. The lowest BCUT2D eigenvalue weighted by molar-refractivity contribution is 0.510. The number of fused-ring (bicyclic) bond motifs is 1. The second kappa shape index (κ2) is 5.69. The van der Waals surface area contributed by atoms with Gasteiger partial charge in [0, 0.05) is 17.0 Å². The summed E-state index contributed by atoms with van der Waals surface area (Å²) in [5, 5.41) is 4.71. The highest BCUT2D eigenvalue weighted by atomic mass is 16.3. The van der Waals surface area contributed by atoms with E-state index in [1.165, 1.54) is 10.9 Å².